The van der Waals surface area contributed by atoms with Crippen molar-refractivity contribution >= 4 is 11.8 Å². The van der Waals surface area contributed by atoms with E-state index in [1.807, 2.05) is 20.8 Å². The van der Waals surface area contributed by atoms with Gasteiger partial charge in [0, 0.05) is 18.5 Å². The minimum Gasteiger partial charge on any atom is -0.352 e. The fourth-order valence-electron chi connectivity index (χ4n) is 2.26. The van der Waals surface area contributed by atoms with Gasteiger partial charge in [-0.2, -0.15) is 0 Å². The standard InChI is InChI=1S/C14H27N3O2/c1-10-7-11(5-6-15-10)17-13(19)9-16-12(18)8-14(2,3)4/h10-11,15H,5-9H2,1-4H3,(H,16,18)(H,17,19). The van der Waals surface area contributed by atoms with Crippen LogP contribution in [0.15, 0.2) is 0 Å². The molecule has 0 bridgehead atoms. The van der Waals surface area contributed by atoms with Crippen LogP contribution in [0.1, 0.15) is 47.0 Å². The van der Waals surface area contributed by atoms with E-state index in [0.717, 1.165) is 19.4 Å². The molecule has 0 aromatic rings. The van der Waals surface area contributed by atoms with Crippen LogP contribution in [-0.4, -0.2) is 37.0 Å². The van der Waals surface area contributed by atoms with Gasteiger partial charge in [-0.05, 0) is 31.7 Å². The number of rotatable bonds is 4. The molecule has 1 aliphatic heterocycles. The highest BCUT2D eigenvalue weighted by atomic mass is 16.2. The Hall–Kier alpha value is -1.10. The van der Waals surface area contributed by atoms with E-state index in [1.165, 1.54) is 0 Å². The summed E-state index contributed by atoms with van der Waals surface area (Å²) in [7, 11) is 0. The largest absolute Gasteiger partial charge is 0.352 e. The average Bonchev–Trinajstić information content (AvgIpc) is 2.24. The van der Waals surface area contributed by atoms with Crippen molar-refractivity contribution in [3.63, 3.8) is 0 Å². The predicted octanol–water partition coefficient (Wildman–Crippen LogP) is 0.796. The summed E-state index contributed by atoms with van der Waals surface area (Å²) in [6.07, 6.45) is 2.33. The summed E-state index contributed by atoms with van der Waals surface area (Å²) in [5.74, 6) is -0.164. The monoisotopic (exact) mass is 269 g/mol. The van der Waals surface area contributed by atoms with Gasteiger partial charge in [0.2, 0.25) is 11.8 Å². The molecule has 110 valence electrons. The molecule has 1 fully saturated rings. The molecule has 1 rings (SSSR count). The van der Waals surface area contributed by atoms with Crippen LogP contribution in [0.4, 0.5) is 0 Å². The van der Waals surface area contributed by atoms with Gasteiger partial charge in [0.05, 0.1) is 6.54 Å². The van der Waals surface area contributed by atoms with Gasteiger partial charge in [0.25, 0.3) is 0 Å². The van der Waals surface area contributed by atoms with E-state index < -0.39 is 0 Å². The molecule has 1 saturated heterocycles. The van der Waals surface area contributed by atoms with E-state index >= 15 is 0 Å². The number of amides is 2. The lowest BCUT2D eigenvalue weighted by Gasteiger charge is -2.28. The Labute approximate surface area is 115 Å². The van der Waals surface area contributed by atoms with Gasteiger partial charge in [-0.15, -0.1) is 0 Å². The normalized spacial score (nSPS) is 23.8. The lowest BCUT2D eigenvalue weighted by Crippen LogP contribution is -2.49. The third-order valence-corrected chi connectivity index (χ3v) is 3.13. The highest BCUT2D eigenvalue weighted by Crippen LogP contribution is 2.17. The molecule has 0 aliphatic carbocycles. The number of hydrogen-bond donors (Lipinski definition) is 3. The Bertz CT molecular complexity index is 323. The van der Waals surface area contributed by atoms with Crippen molar-refractivity contribution in [1.82, 2.24) is 16.0 Å². The topological polar surface area (TPSA) is 70.2 Å². The highest BCUT2D eigenvalue weighted by molar-refractivity contribution is 5.85. The van der Waals surface area contributed by atoms with Gasteiger partial charge >= 0.3 is 0 Å². The van der Waals surface area contributed by atoms with Crippen LogP contribution in [0, 0.1) is 5.41 Å². The van der Waals surface area contributed by atoms with Crippen molar-refractivity contribution in [1.29, 1.82) is 0 Å². The second kappa shape index (κ2) is 6.89. The van der Waals surface area contributed by atoms with Gasteiger partial charge < -0.3 is 16.0 Å². The van der Waals surface area contributed by atoms with Gasteiger partial charge in [0.1, 0.15) is 0 Å². The smallest absolute Gasteiger partial charge is 0.239 e. The van der Waals surface area contributed by atoms with Crippen molar-refractivity contribution in [2.24, 2.45) is 5.41 Å². The molecule has 1 heterocycles. The zero-order valence-corrected chi connectivity index (χ0v) is 12.5. The van der Waals surface area contributed by atoms with Crippen LogP contribution in [-0.2, 0) is 9.59 Å². The lowest BCUT2D eigenvalue weighted by molar-refractivity contribution is -0.127. The average molecular weight is 269 g/mol. The van der Waals surface area contributed by atoms with Crippen molar-refractivity contribution in [3.05, 3.63) is 0 Å². The van der Waals surface area contributed by atoms with E-state index in [1.54, 1.807) is 0 Å². The van der Waals surface area contributed by atoms with Crippen molar-refractivity contribution in [2.45, 2.75) is 59.0 Å². The second-order valence-electron chi connectivity index (χ2n) is 6.66. The SMILES string of the molecule is CC1CC(NC(=O)CNC(=O)CC(C)(C)C)CCN1. The Kier molecular flexibility index (Phi) is 5.79. The summed E-state index contributed by atoms with van der Waals surface area (Å²) in [4.78, 5) is 23.3. The molecule has 1 aliphatic rings. The fraction of sp³-hybridized carbons (Fsp3) is 0.857. The van der Waals surface area contributed by atoms with E-state index in [0.29, 0.717) is 12.5 Å². The van der Waals surface area contributed by atoms with Crippen LogP contribution in [0.3, 0.4) is 0 Å². The van der Waals surface area contributed by atoms with Gasteiger partial charge in [-0.25, -0.2) is 0 Å². The first-order valence-electron chi connectivity index (χ1n) is 7.06. The molecule has 3 N–H and O–H groups in total. The first-order valence-corrected chi connectivity index (χ1v) is 7.06. The zero-order chi connectivity index (χ0) is 14.5. The maximum Gasteiger partial charge on any atom is 0.239 e. The van der Waals surface area contributed by atoms with E-state index in [9.17, 15) is 9.59 Å². The summed E-state index contributed by atoms with van der Waals surface area (Å²) < 4.78 is 0. The van der Waals surface area contributed by atoms with Crippen LogP contribution in [0.5, 0.6) is 0 Å². The van der Waals surface area contributed by atoms with Crippen LogP contribution in [0.2, 0.25) is 0 Å². The molecule has 0 spiro atoms. The molecule has 2 amide bonds. The summed E-state index contributed by atoms with van der Waals surface area (Å²) in [5, 5.41) is 8.99. The molecular weight excluding hydrogens is 242 g/mol. The number of hydrogen-bond acceptors (Lipinski definition) is 3. The number of nitrogens with one attached hydrogen (secondary N) is 3. The molecule has 0 saturated carbocycles. The van der Waals surface area contributed by atoms with Crippen molar-refractivity contribution in [3.8, 4) is 0 Å². The van der Waals surface area contributed by atoms with Crippen LogP contribution >= 0.6 is 0 Å². The number of carbonyl (C=O) groups is 2. The fourth-order valence-corrected chi connectivity index (χ4v) is 2.26. The van der Waals surface area contributed by atoms with E-state index in [-0.39, 0.29) is 29.8 Å². The molecule has 2 unspecified atom stereocenters. The van der Waals surface area contributed by atoms with Gasteiger partial charge in [-0.3, -0.25) is 9.59 Å². The minimum absolute atomic E-state index is 0.0506. The Morgan fingerprint density at radius 3 is 2.53 bits per heavy atom. The maximum absolute atomic E-state index is 11.7. The Balaban J connectivity index is 2.22. The van der Waals surface area contributed by atoms with Gasteiger partial charge in [-0.1, -0.05) is 20.8 Å². The Morgan fingerprint density at radius 1 is 1.26 bits per heavy atom. The van der Waals surface area contributed by atoms with Crippen LogP contribution in [0.25, 0.3) is 0 Å². The second-order valence-corrected chi connectivity index (χ2v) is 6.66. The molecule has 0 aromatic heterocycles. The summed E-state index contributed by atoms with van der Waals surface area (Å²) in [5.41, 5.74) is -0.0506. The van der Waals surface area contributed by atoms with Gasteiger partial charge in [0.15, 0.2) is 0 Å². The van der Waals surface area contributed by atoms with E-state index in [2.05, 4.69) is 22.9 Å². The maximum atomic E-state index is 11.7. The summed E-state index contributed by atoms with van der Waals surface area (Å²) in [6.45, 7) is 9.13. The Morgan fingerprint density at radius 2 is 1.95 bits per heavy atom. The molecule has 0 radical (unpaired) electrons. The number of piperidine rings is 1. The highest BCUT2D eigenvalue weighted by Gasteiger charge is 2.20. The minimum atomic E-state index is -0.0960. The first kappa shape index (κ1) is 16.0. The van der Waals surface area contributed by atoms with Crippen molar-refractivity contribution < 1.29 is 9.59 Å². The molecule has 5 nitrogen and oxygen atoms in total. The summed E-state index contributed by atoms with van der Waals surface area (Å²) in [6, 6.07) is 0.665. The summed E-state index contributed by atoms with van der Waals surface area (Å²) >= 11 is 0. The zero-order valence-electron chi connectivity index (χ0n) is 12.5. The lowest BCUT2D eigenvalue weighted by atomic mass is 9.92. The third-order valence-electron chi connectivity index (χ3n) is 3.13. The van der Waals surface area contributed by atoms with E-state index in [4.69, 9.17) is 0 Å². The number of carbonyl (C=O) groups excluding carboxylic acids is 2. The molecular formula is C14H27N3O2. The molecule has 2 atom stereocenters. The molecule has 19 heavy (non-hydrogen) atoms. The molecule has 0 aromatic carbocycles. The third kappa shape index (κ3) is 7.15. The molecule has 5 heteroatoms. The van der Waals surface area contributed by atoms with Crippen molar-refractivity contribution in [2.75, 3.05) is 13.1 Å². The predicted molar refractivity (Wildman–Crippen MR) is 75.7 cm³/mol. The quantitative estimate of drug-likeness (QED) is 0.707. The first-order chi connectivity index (χ1) is 8.76. The van der Waals surface area contributed by atoms with Crippen LogP contribution < -0.4 is 16.0 Å².